The van der Waals surface area contributed by atoms with E-state index in [0.29, 0.717) is 6.04 Å². The molecule has 0 bridgehead atoms. The molecule has 0 radical (unpaired) electrons. The molecular weight excluding hydrogens is 220 g/mol. The summed E-state index contributed by atoms with van der Waals surface area (Å²) in [5, 5.41) is 0. The third kappa shape index (κ3) is 2.44. The van der Waals surface area contributed by atoms with E-state index in [1.807, 2.05) is 6.20 Å². The Bertz CT molecular complexity index is 423. The van der Waals surface area contributed by atoms with Gasteiger partial charge in [0.15, 0.2) is 0 Å². The summed E-state index contributed by atoms with van der Waals surface area (Å²) in [6, 6.07) is 2.75. The van der Waals surface area contributed by atoms with Crippen molar-refractivity contribution in [2.24, 2.45) is 5.92 Å². The first-order chi connectivity index (χ1) is 8.75. The highest BCUT2D eigenvalue weighted by atomic mass is 15.1. The van der Waals surface area contributed by atoms with Crippen LogP contribution in [0.2, 0.25) is 0 Å². The third-order valence-electron chi connectivity index (χ3n) is 4.63. The summed E-state index contributed by atoms with van der Waals surface area (Å²) >= 11 is 0. The zero-order valence-corrected chi connectivity index (χ0v) is 11.7. The zero-order valence-electron chi connectivity index (χ0n) is 11.7. The van der Waals surface area contributed by atoms with Gasteiger partial charge in [-0.15, -0.1) is 0 Å². The average molecular weight is 244 g/mol. The number of aromatic nitrogens is 1. The van der Waals surface area contributed by atoms with Crippen LogP contribution in [0.4, 0.5) is 0 Å². The minimum Gasteiger partial charge on any atom is -0.295 e. The number of hydrogen-bond donors (Lipinski definition) is 0. The Hall–Kier alpha value is -0.890. The SMILES string of the molecule is CC1c2c(ccnc2CCCCC2CC2)CN1C. The van der Waals surface area contributed by atoms with Crippen molar-refractivity contribution >= 4 is 0 Å². The highest BCUT2D eigenvalue weighted by molar-refractivity contribution is 5.36. The third-order valence-corrected chi connectivity index (χ3v) is 4.63. The van der Waals surface area contributed by atoms with Gasteiger partial charge in [0, 0.05) is 24.5 Å². The Morgan fingerprint density at radius 3 is 2.94 bits per heavy atom. The van der Waals surface area contributed by atoms with E-state index in [0.717, 1.165) is 12.5 Å². The lowest BCUT2D eigenvalue weighted by Crippen LogP contribution is -2.14. The molecule has 1 aromatic heterocycles. The molecule has 0 saturated heterocycles. The normalized spacial score (nSPS) is 23.3. The van der Waals surface area contributed by atoms with Gasteiger partial charge in [-0.25, -0.2) is 0 Å². The average Bonchev–Trinajstić information content (AvgIpc) is 3.13. The van der Waals surface area contributed by atoms with Crippen molar-refractivity contribution in [3.05, 3.63) is 29.1 Å². The van der Waals surface area contributed by atoms with Crippen LogP contribution in [0.1, 0.15) is 61.9 Å². The quantitative estimate of drug-likeness (QED) is 0.734. The molecule has 0 N–H and O–H groups in total. The van der Waals surface area contributed by atoms with Gasteiger partial charge in [-0.3, -0.25) is 9.88 Å². The Kier molecular flexibility index (Phi) is 3.38. The van der Waals surface area contributed by atoms with Crippen LogP contribution in [0.3, 0.4) is 0 Å². The molecule has 1 saturated carbocycles. The van der Waals surface area contributed by atoms with Crippen LogP contribution in [0.25, 0.3) is 0 Å². The number of hydrogen-bond acceptors (Lipinski definition) is 2. The summed E-state index contributed by atoms with van der Waals surface area (Å²) in [5.74, 6) is 1.07. The van der Waals surface area contributed by atoms with E-state index in [4.69, 9.17) is 0 Å². The molecule has 1 fully saturated rings. The van der Waals surface area contributed by atoms with Crippen LogP contribution in [-0.2, 0) is 13.0 Å². The molecule has 18 heavy (non-hydrogen) atoms. The Balaban J connectivity index is 1.63. The largest absolute Gasteiger partial charge is 0.295 e. The van der Waals surface area contributed by atoms with E-state index in [1.54, 1.807) is 0 Å². The second-order valence-corrected chi connectivity index (χ2v) is 6.11. The summed E-state index contributed by atoms with van der Waals surface area (Å²) < 4.78 is 0. The summed E-state index contributed by atoms with van der Waals surface area (Å²) in [7, 11) is 2.21. The number of aryl methyl sites for hydroxylation is 1. The molecule has 2 nitrogen and oxygen atoms in total. The number of pyridine rings is 1. The van der Waals surface area contributed by atoms with Gasteiger partial charge in [-0.2, -0.15) is 0 Å². The molecule has 1 atom stereocenters. The topological polar surface area (TPSA) is 16.1 Å². The zero-order chi connectivity index (χ0) is 12.5. The molecule has 2 heteroatoms. The number of nitrogens with zero attached hydrogens (tertiary/aromatic N) is 2. The molecule has 1 aliphatic carbocycles. The van der Waals surface area contributed by atoms with E-state index < -0.39 is 0 Å². The van der Waals surface area contributed by atoms with Crippen molar-refractivity contribution in [1.29, 1.82) is 0 Å². The molecule has 1 aliphatic heterocycles. The maximum absolute atomic E-state index is 4.64. The number of rotatable bonds is 5. The lowest BCUT2D eigenvalue weighted by Gasteiger charge is -2.16. The van der Waals surface area contributed by atoms with Gasteiger partial charge in [0.1, 0.15) is 0 Å². The monoisotopic (exact) mass is 244 g/mol. The van der Waals surface area contributed by atoms with Crippen molar-refractivity contribution in [1.82, 2.24) is 9.88 Å². The Morgan fingerprint density at radius 1 is 1.33 bits per heavy atom. The number of fused-ring (bicyclic) bond motifs is 1. The first-order valence-corrected chi connectivity index (χ1v) is 7.42. The van der Waals surface area contributed by atoms with Crippen molar-refractivity contribution in [3.63, 3.8) is 0 Å². The van der Waals surface area contributed by atoms with E-state index in [1.165, 1.54) is 55.3 Å². The molecule has 3 rings (SSSR count). The lowest BCUT2D eigenvalue weighted by atomic mass is 10.00. The van der Waals surface area contributed by atoms with Crippen LogP contribution < -0.4 is 0 Å². The van der Waals surface area contributed by atoms with Crippen molar-refractivity contribution in [3.8, 4) is 0 Å². The smallest absolute Gasteiger partial charge is 0.0454 e. The van der Waals surface area contributed by atoms with Gasteiger partial charge in [-0.1, -0.05) is 25.7 Å². The van der Waals surface area contributed by atoms with E-state index in [-0.39, 0.29) is 0 Å². The maximum atomic E-state index is 4.64. The molecule has 1 aromatic rings. The van der Waals surface area contributed by atoms with Crippen molar-refractivity contribution in [2.45, 2.75) is 58.0 Å². The predicted octanol–water partition coefficient (Wildman–Crippen LogP) is 3.71. The van der Waals surface area contributed by atoms with Gasteiger partial charge in [0.05, 0.1) is 0 Å². The fourth-order valence-corrected chi connectivity index (χ4v) is 3.17. The summed E-state index contributed by atoms with van der Waals surface area (Å²) in [6.45, 7) is 3.40. The molecule has 2 aliphatic rings. The van der Waals surface area contributed by atoms with Gasteiger partial charge >= 0.3 is 0 Å². The molecule has 2 heterocycles. The van der Waals surface area contributed by atoms with Crippen molar-refractivity contribution < 1.29 is 0 Å². The van der Waals surface area contributed by atoms with Gasteiger partial charge < -0.3 is 0 Å². The second kappa shape index (κ2) is 5.00. The number of unbranched alkanes of at least 4 members (excludes halogenated alkanes) is 1. The van der Waals surface area contributed by atoms with Gasteiger partial charge in [-0.05, 0) is 49.9 Å². The predicted molar refractivity (Wildman–Crippen MR) is 74.4 cm³/mol. The van der Waals surface area contributed by atoms with Crippen molar-refractivity contribution in [2.75, 3.05) is 7.05 Å². The van der Waals surface area contributed by atoms with E-state index in [9.17, 15) is 0 Å². The van der Waals surface area contributed by atoms with Crippen LogP contribution in [-0.4, -0.2) is 16.9 Å². The van der Waals surface area contributed by atoms with Gasteiger partial charge in [0.25, 0.3) is 0 Å². The van der Waals surface area contributed by atoms with Gasteiger partial charge in [0.2, 0.25) is 0 Å². The summed E-state index contributed by atoms with van der Waals surface area (Å²) in [6.07, 6.45) is 10.3. The highest BCUT2D eigenvalue weighted by Gasteiger charge is 2.26. The first kappa shape index (κ1) is 12.2. The summed E-state index contributed by atoms with van der Waals surface area (Å²) in [4.78, 5) is 7.06. The minimum atomic E-state index is 0.548. The minimum absolute atomic E-state index is 0.548. The summed E-state index contributed by atoms with van der Waals surface area (Å²) in [5.41, 5.74) is 4.38. The maximum Gasteiger partial charge on any atom is 0.0454 e. The highest BCUT2D eigenvalue weighted by Crippen LogP contribution is 2.35. The molecule has 0 aromatic carbocycles. The molecule has 0 spiro atoms. The van der Waals surface area contributed by atoms with E-state index >= 15 is 0 Å². The molecule has 0 amide bonds. The Morgan fingerprint density at radius 2 is 2.17 bits per heavy atom. The van der Waals surface area contributed by atoms with Crippen LogP contribution in [0, 0.1) is 5.92 Å². The first-order valence-electron chi connectivity index (χ1n) is 7.42. The standard InChI is InChI=1S/C16H24N2/c1-12-16-14(11-18(12)2)9-10-17-15(16)6-4-3-5-13-7-8-13/h9-10,12-13H,3-8,11H2,1-2H3. The lowest BCUT2D eigenvalue weighted by molar-refractivity contribution is 0.285. The van der Waals surface area contributed by atoms with Crippen LogP contribution >= 0.6 is 0 Å². The second-order valence-electron chi connectivity index (χ2n) is 6.11. The molecule has 1 unspecified atom stereocenters. The van der Waals surface area contributed by atoms with E-state index in [2.05, 4.69) is 29.9 Å². The fraction of sp³-hybridized carbons (Fsp3) is 0.688. The fourth-order valence-electron chi connectivity index (χ4n) is 3.17. The molecular formula is C16H24N2. The van der Waals surface area contributed by atoms with Crippen LogP contribution in [0.5, 0.6) is 0 Å². The van der Waals surface area contributed by atoms with Crippen LogP contribution in [0.15, 0.2) is 12.3 Å². The molecule has 98 valence electrons. The Labute approximate surface area is 110 Å².